The number of aromatic nitrogens is 1. The van der Waals surface area contributed by atoms with E-state index in [1.807, 2.05) is 30.3 Å². The third-order valence-corrected chi connectivity index (χ3v) is 3.22. The number of methoxy groups -OCH3 is 1. The molecule has 0 N–H and O–H groups in total. The van der Waals surface area contributed by atoms with Crippen LogP contribution in [0.15, 0.2) is 29.6 Å². The van der Waals surface area contributed by atoms with E-state index in [0.29, 0.717) is 18.7 Å². The number of benzene rings is 1. The van der Waals surface area contributed by atoms with Crippen LogP contribution in [0.5, 0.6) is 11.5 Å². The summed E-state index contributed by atoms with van der Waals surface area (Å²) in [5.41, 5.74) is 0.472. The highest BCUT2D eigenvalue weighted by Crippen LogP contribution is 2.17. The van der Waals surface area contributed by atoms with Gasteiger partial charge in [0.2, 0.25) is 0 Å². The second-order valence-corrected chi connectivity index (χ2v) is 4.45. The van der Waals surface area contributed by atoms with Crippen molar-refractivity contribution in [3.8, 4) is 17.6 Å². The summed E-state index contributed by atoms with van der Waals surface area (Å²) in [6.45, 7) is 0.546. The van der Waals surface area contributed by atoms with Gasteiger partial charge in [-0.05, 0) is 24.3 Å². The largest absolute Gasteiger partial charge is 0.497 e. The normalized spacial score (nSPS) is 9.78. The lowest BCUT2D eigenvalue weighted by atomic mass is 10.3. The molecule has 0 spiro atoms. The lowest BCUT2D eigenvalue weighted by Crippen LogP contribution is -2.01. The second-order valence-electron chi connectivity index (χ2n) is 3.51. The molecule has 2 rings (SSSR count). The zero-order valence-corrected chi connectivity index (χ0v) is 10.7. The predicted octanol–water partition coefficient (Wildman–Crippen LogP) is 2.64. The Balaban J connectivity index is 1.82. The fourth-order valence-electron chi connectivity index (χ4n) is 1.41. The van der Waals surface area contributed by atoms with E-state index in [-0.39, 0.29) is 0 Å². The van der Waals surface area contributed by atoms with Crippen LogP contribution in [0, 0.1) is 11.3 Å². The van der Waals surface area contributed by atoms with E-state index in [0.717, 1.165) is 16.5 Å². The van der Waals surface area contributed by atoms with Crippen LogP contribution >= 0.6 is 11.3 Å². The quantitative estimate of drug-likeness (QED) is 0.829. The first-order chi connectivity index (χ1) is 8.81. The van der Waals surface area contributed by atoms with Crippen molar-refractivity contribution in [2.75, 3.05) is 13.7 Å². The molecule has 0 saturated heterocycles. The monoisotopic (exact) mass is 260 g/mol. The van der Waals surface area contributed by atoms with Gasteiger partial charge in [0.1, 0.15) is 17.6 Å². The van der Waals surface area contributed by atoms with E-state index in [1.165, 1.54) is 11.3 Å². The second kappa shape index (κ2) is 6.03. The molecular formula is C13H12N2O2S. The van der Waals surface area contributed by atoms with Crippen molar-refractivity contribution >= 4 is 11.3 Å². The fraction of sp³-hybridized carbons (Fsp3) is 0.231. The van der Waals surface area contributed by atoms with Crippen molar-refractivity contribution in [1.82, 2.24) is 4.98 Å². The minimum atomic E-state index is 0.472. The molecule has 0 fully saturated rings. The van der Waals surface area contributed by atoms with Gasteiger partial charge in [-0.15, -0.1) is 11.3 Å². The van der Waals surface area contributed by atoms with Gasteiger partial charge >= 0.3 is 0 Å². The van der Waals surface area contributed by atoms with Gasteiger partial charge < -0.3 is 9.47 Å². The molecule has 0 aliphatic heterocycles. The van der Waals surface area contributed by atoms with Crippen LogP contribution in [-0.4, -0.2) is 18.7 Å². The van der Waals surface area contributed by atoms with E-state index in [2.05, 4.69) is 4.98 Å². The molecule has 4 nitrogen and oxygen atoms in total. The molecule has 0 radical (unpaired) electrons. The molecule has 2 aromatic rings. The number of thiazole rings is 1. The Morgan fingerprint density at radius 1 is 1.28 bits per heavy atom. The van der Waals surface area contributed by atoms with E-state index in [4.69, 9.17) is 14.7 Å². The molecule has 92 valence electrons. The molecule has 0 amide bonds. The van der Waals surface area contributed by atoms with E-state index in [9.17, 15) is 0 Å². The van der Waals surface area contributed by atoms with Gasteiger partial charge in [0, 0.05) is 11.8 Å². The minimum absolute atomic E-state index is 0.472. The molecule has 1 aromatic carbocycles. The lowest BCUT2D eigenvalue weighted by molar-refractivity contribution is 0.321. The first-order valence-electron chi connectivity index (χ1n) is 5.43. The molecule has 0 bridgehead atoms. The van der Waals surface area contributed by atoms with Gasteiger partial charge in [0.05, 0.1) is 18.7 Å². The molecule has 0 unspecified atom stereocenters. The summed E-state index contributed by atoms with van der Waals surface area (Å²) in [5.74, 6) is 1.61. The number of ether oxygens (including phenoxy) is 2. The summed E-state index contributed by atoms with van der Waals surface area (Å²) < 4.78 is 10.6. The van der Waals surface area contributed by atoms with Crippen molar-refractivity contribution in [3.05, 3.63) is 40.3 Å². The smallest absolute Gasteiger partial charge is 0.151 e. The van der Waals surface area contributed by atoms with Crippen molar-refractivity contribution in [3.63, 3.8) is 0 Å². The van der Waals surface area contributed by atoms with Crippen molar-refractivity contribution < 1.29 is 9.47 Å². The molecular weight excluding hydrogens is 248 g/mol. The Labute approximate surface area is 109 Å². The molecule has 5 heteroatoms. The Kier molecular flexibility index (Phi) is 4.15. The summed E-state index contributed by atoms with van der Waals surface area (Å²) in [7, 11) is 1.63. The zero-order valence-electron chi connectivity index (χ0n) is 9.92. The molecule has 0 atom stereocenters. The van der Waals surface area contributed by atoms with Gasteiger partial charge in [-0.1, -0.05) is 0 Å². The molecule has 0 aliphatic rings. The number of nitrogens with zero attached hydrogens (tertiary/aromatic N) is 2. The maximum Gasteiger partial charge on any atom is 0.151 e. The predicted molar refractivity (Wildman–Crippen MR) is 69.0 cm³/mol. The Morgan fingerprint density at radius 2 is 2.00 bits per heavy atom. The summed E-state index contributed by atoms with van der Waals surface area (Å²) >= 11 is 1.48. The average Bonchev–Trinajstić information content (AvgIpc) is 2.87. The Bertz CT molecular complexity index is 543. The SMILES string of the molecule is COc1ccc(OCCc2nc(C#N)cs2)cc1. The van der Waals surface area contributed by atoms with E-state index >= 15 is 0 Å². The van der Waals surface area contributed by atoms with Crippen LogP contribution in [0.3, 0.4) is 0 Å². The number of nitriles is 1. The van der Waals surface area contributed by atoms with Gasteiger partial charge in [0.25, 0.3) is 0 Å². The first kappa shape index (κ1) is 12.4. The summed E-state index contributed by atoms with van der Waals surface area (Å²) in [6.07, 6.45) is 0.707. The highest BCUT2D eigenvalue weighted by atomic mass is 32.1. The van der Waals surface area contributed by atoms with Gasteiger partial charge in [-0.2, -0.15) is 5.26 Å². The number of hydrogen-bond donors (Lipinski definition) is 0. The highest BCUT2D eigenvalue weighted by molar-refractivity contribution is 7.09. The van der Waals surface area contributed by atoms with Crippen molar-refractivity contribution in [2.24, 2.45) is 0 Å². The first-order valence-corrected chi connectivity index (χ1v) is 6.31. The minimum Gasteiger partial charge on any atom is -0.497 e. The van der Waals surface area contributed by atoms with Crippen molar-refractivity contribution in [1.29, 1.82) is 5.26 Å². The summed E-state index contributed by atoms with van der Waals surface area (Å²) in [4.78, 5) is 4.14. The van der Waals surface area contributed by atoms with Crippen LogP contribution in [0.25, 0.3) is 0 Å². The Morgan fingerprint density at radius 3 is 2.61 bits per heavy atom. The van der Waals surface area contributed by atoms with Crippen LogP contribution in [0.4, 0.5) is 0 Å². The summed E-state index contributed by atoms with van der Waals surface area (Å²) in [5, 5.41) is 11.3. The third-order valence-electron chi connectivity index (χ3n) is 2.31. The molecule has 1 heterocycles. The molecule has 1 aromatic heterocycles. The van der Waals surface area contributed by atoms with Crippen molar-refractivity contribution in [2.45, 2.75) is 6.42 Å². The van der Waals surface area contributed by atoms with Crippen LogP contribution in [0.1, 0.15) is 10.7 Å². The molecule has 18 heavy (non-hydrogen) atoms. The number of hydrogen-bond acceptors (Lipinski definition) is 5. The maximum atomic E-state index is 8.65. The third kappa shape index (κ3) is 3.22. The fourth-order valence-corrected chi connectivity index (χ4v) is 2.11. The maximum absolute atomic E-state index is 8.65. The van der Waals surface area contributed by atoms with Crippen LogP contribution in [-0.2, 0) is 6.42 Å². The van der Waals surface area contributed by atoms with E-state index in [1.54, 1.807) is 12.5 Å². The topological polar surface area (TPSA) is 55.1 Å². The lowest BCUT2D eigenvalue weighted by Gasteiger charge is -2.05. The van der Waals surface area contributed by atoms with Gasteiger partial charge in [0.15, 0.2) is 5.69 Å². The molecule has 0 aliphatic carbocycles. The number of rotatable bonds is 5. The average molecular weight is 260 g/mol. The Hall–Kier alpha value is -2.06. The van der Waals surface area contributed by atoms with Gasteiger partial charge in [-0.25, -0.2) is 4.98 Å². The molecule has 0 saturated carbocycles. The van der Waals surface area contributed by atoms with Gasteiger partial charge in [-0.3, -0.25) is 0 Å². The van der Waals surface area contributed by atoms with Crippen LogP contribution in [0.2, 0.25) is 0 Å². The summed E-state index contributed by atoms with van der Waals surface area (Å²) in [6, 6.07) is 9.45. The van der Waals surface area contributed by atoms with E-state index < -0.39 is 0 Å². The van der Waals surface area contributed by atoms with Crippen LogP contribution < -0.4 is 9.47 Å². The standard InChI is InChI=1S/C13H12N2O2S/c1-16-11-2-4-12(5-3-11)17-7-6-13-15-10(8-14)9-18-13/h2-5,9H,6-7H2,1H3. The highest BCUT2D eigenvalue weighted by Gasteiger charge is 2.01. The zero-order chi connectivity index (χ0) is 12.8.